The van der Waals surface area contributed by atoms with Gasteiger partial charge in [-0.1, -0.05) is 24.1 Å². The van der Waals surface area contributed by atoms with Crippen LogP contribution in [0.2, 0.25) is 5.02 Å². The van der Waals surface area contributed by atoms with Gasteiger partial charge in [0, 0.05) is 17.5 Å². The van der Waals surface area contributed by atoms with Gasteiger partial charge in [0.15, 0.2) is 0 Å². The van der Waals surface area contributed by atoms with Crippen molar-refractivity contribution in [1.29, 1.82) is 0 Å². The second-order valence-electron chi connectivity index (χ2n) is 6.30. The van der Waals surface area contributed by atoms with Crippen LogP contribution in [0.15, 0.2) is 18.2 Å². The Hall–Kier alpha value is -1.17. The maximum Gasteiger partial charge on any atom is 0.227 e. The fourth-order valence-electron chi connectivity index (χ4n) is 3.63. The van der Waals surface area contributed by atoms with E-state index in [0.717, 1.165) is 19.3 Å². The van der Waals surface area contributed by atoms with Crippen molar-refractivity contribution in [1.82, 2.24) is 4.90 Å². The smallest absolute Gasteiger partial charge is 0.227 e. The summed E-state index contributed by atoms with van der Waals surface area (Å²) in [5, 5.41) is 10.4. The summed E-state index contributed by atoms with van der Waals surface area (Å²) < 4.78 is 18.7. The van der Waals surface area contributed by atoms with E-state index in [1.54, 1.807) is 6.07 Å². The van der Waals surface area contributed by atoms with E-state index >= 15 is 0 Å². The van der Waals surface area contributed by atoms with Gasteiger partial charge in [0.05, 0.1) is 31.8 Å². The Morgan fingerprint density at radius 2 is 2.26 bits per heavy atom. The van der Waals surface area contributed by atoms with E-state index in [2.05, 4.69) is 0 Å². The van der Waals surface area contributed by atoms with Crippen molar-refractivity contribution in [3.05, 3.63) is 34.6 Å². The largest absolute Gasteiger partial charge is 0.393 e. The molecule has 0 radical (unpaired) electrons. The van der Waals surface area contributed by atoms with Crippen LogP contribution in [-0.2, 0) is 16.0 Å². The number of ether oxygens (including phenoxy) is 1. The SMILES string of the molecule is O=C(Cc1ccc(F)cc1Cl)N1CCOC[C@@H]1[C@@H]1CCC[C@@H]1O. The molecule has 6 heteroatoms. The van der Waals surface area contributed by atoms with Crippen molar-refractivity contribution in [2.75, 3.05) is 19.8 Å². The predicted molar refractivity (Wildman–Crippen MR) is 84.8 cm³/mol. The van der Waals surface area contributed by atoms with Crippen LogP contribution < -0.4 is 0 Å². The van der Waals surface area contributed by atoms with Crippen molar-refractivity contribution in [2.24, 2.45) is 5.92 Å². The molecular weight excluding hydrogens is 321 g/mol. The summed E-state index contributed by atoms with van der Waals surface area (Å²) >= 11 is 6.02. The van der Waals surface area contributed by atoms with Crippen molar-refractivity contribution < 1.29 is 19.0 Å². The molecule has 1 aromatic rings. The normalized spacial score (nSPS) is 28.1. The average molecular weight is 342 g/mol. The number of hydrogen-bond acceptors (Lipinski definition) is 3. The molecule has 3 atom stereocenters. The summed E-state index contributed by atoms with van der Waals surface area (Å²) in [6.45, 7) is 1.48. The maximum atomic E-state index is 13.1. The number of morpholine rings is 1. The molecule has 1 aliphatic carbocycles. The van der Waals surface area contributed by atoms with E-state index in [4.69, 9.17) is 16.3 Å². The van der Waals surface area contributed by atoms with Crippen LogP contribution in [0.1, 0.15) is 24.8 Å². The van der Waals surface area contributed by atoms with E-state index in [1.165, 1.54) is 12.1 Å². The van der Waals surface area contributed by atoms with Crippen LogP contribution >= 0.6 is 11.6 Å². The highest BCUT2D eigenvalue weighted by Crippen LogP contribution is 2.32. The number of halogens is 2. The third-order valence-electron chi connectivity index (χ3n) is 4.87. The van der Waals surface area contributed by atoms with Crippen molar-refractivity contribution in [3.8, 4) is 0 Å². The number of hydrogen-bond donors (Lipinski definition) is 1. The Labute approximate surface area is 140 Å². The van der Waals surface area contributed by atoms with Crippen LogP contribution in [0.4, 0.5) is 4.39 Å². The maximum absolute atomic E-state index is 13.1. The summed E-state index contributed by atoms with van der Waals surface area (Å²) in [7, 11) is 0. The van der Waals surface area contributed by atoms with Crippen LogP contribution in [0.3, 0.4) is 0 Å². The van der Waals surface area contributed by atoms with Gasteiger partial charge in [-0.25, -0.2) is 4.39 Å². The first kappa shape index (κ1) is 16.7. The highest BCUT2D eigenvalue weighted by Gasteiger charge is 2.39. The van der Waals surface area contributed by atoms with Crippen LogP contribution in [0, 0.1) is 11.7 Å². The second-order valence-corrected chi connectivity index (χ2v) is 6.71. The molecule has 1 amide bonds. The van der Waals surface area contributed by atoms with Crippen molar-refractivity contribution in [3.63, 3.8) is 0 Å². The van der Waals surface area contributed by atoms with Gasteiger partial charge >= 0.3 is 0 Å². The molecule has 0 spiro atoms. The lowest BCUT2D eigenvalue weighted by Crippen LogP contribution is -2.54. The minimum atomic E-state index is -0.412. The number of aliphatic hydroxyl groups excluding tert-OH is 1. The number of carbonyl (C=O) groups excluding carboxylic acids is 1. The topological polar surface area (TPSA) is 49.8 Å². The number of amides is 1. The molecule has 0 unspecified atom stereocenters. The van der Waals surface area contributed by atoms with Crippen LogP contribution in [0.25, 0.3) is 0 Å². The molecule has 2 aliphatic rings. The molecule has 23 heavy (non-hydrogen) atoms. The lowest BCUT2D eigenvalue weighted by atomic mass is 9.93. The predicted octanol–water partition coefficient (Wildman–Crippen LogP) is 2.41. The molecule has 1 N–H and O–H groups in total. The Bertz CT molecular complexity index is 583. The molecular formula is C17H21ClFNO3. The van der Waals surface area contributed by atoms with Gasteiger partial charge < -0.3 is 14.7 Å². The zero-order valence-corrected chi connectivity index (χ0v) is 13.6. The van der Waals surface area contributed by atoms with E-state index in [1.807, 2.05) is 4.90 Å². The summed E-state index contributed by atoms with van der Waals surface area (Å²) in [6.07, 6.45) is 2.45. The highest BCUT2D eigenvalue weighted by atomic mass is 35.5. The fourth-order valence-corrected chi connectivity index (χ4v) is 3.87. The lowest BCUT2D eigenvalue weighted by Gasteiger charge is -2.40. The third kappa shape index (κ3) is 3.67. The van der Waals surface area contributed by atoms with Crippen molar-refractivity contribution in [2.45, 2.75) is 37.8 Å². The summed E-state index contributed by atoms with van der Waals surface area (Å²) in [4.78, 5) is 14.5. The highest BCUT2D eigenvalue weighted by molar-refractivity contribution is 6.31. The Kier molecular flexibility index (Phi) is 5.19. The first-order valence-electron chi connectivity index (χ1n) is 8.05. The zero-order valence-electron chi connectivity index (χ0n) is 12.9. The van der Waals surface area contributed by atoms with E-state index in [0.29, 0.717) is 25.3 Å². The minimum Gasteiger partial charge on any atom is -0.393 e. The Morgan fingerprint density at radius 1 is 1.43 bits per heavy atom. The number of aliphatic hydroxyl groups is 1. The molecule has 0 bridgehead atoms. The quantitative estimate of drug-likeness (QED) is 0.918. The van der Waals surface area contributed by atoms with Gasteiger partial charge in [-0.15, -0.1) is 0 Å². The summed E-state index contributed by atoms with van der Waals surface area (Å²) in [5.74, 6) is -0.390. The first-order chi connectivity index (χ1) is 11.1. The molecule has 1 aromatic carbocycles. The fraction of sp³-hybridized carbons (Fsp3) is 0.588. The van der Waals surface area contributed by atoms with Gasteiger partial charge in [-0.05, 0) is 30.5 Å². The third-order valence-corrected chi connectivity index (χ3v) is 5.22. The van der Waals surface area contributed by atoms with E-state index in [-0.39, 0.29) is 35.4 Å². The van der Waals surface area contributed by atoms with Crippen LogP contribution in [0.5, 0.6) is 0 Å². The lowest BCUT2D eigenvalue weighted by molar-refractivity contribution is -0.143. The monoisotopic (exact) mass is 341 g/mol. The molecule has 2 fully saturated rings. The van der Waals surface area contributed by atoms with Gasteiger partial charge in [0.2, 0.25) is 5.91 Å². The Balaban J connectivity index is 1.73. The number of nitrogens with zero attached hydrogens (tertiary/aromatic N) is 1. The van der Waals surface area contributed by atoms with Gasteiger partial charge in [0.25, 0.3) is 0 Å². The minimum absolute atomic E-state index is 0.0501. The molecule has 0 aromatic heterocycles. The standard InChI is InChI=1S/C17H21ClFNO3/c18-14-9-12(19)5-4-11(14)8-17(22)20-6-7-23-10-15(20)13-2-1-3-16(13)21/h4-5,9,13,15-16,21H,1-3,6-8,10H2/t13-,15+,16-/m0/s1. The number of carbonyl (C=O) groups is 1. The Morgan fingerprint density at radius 3 is 2.96 bits per heavy atom. The van der Waals surface area contributed by atoms with Crippen molar-refractivity contribution >= 4 is 17.5 Å². The van der Waals surface area contributed by atoms with Gasteiger partial charge in [-0.3, -0.25) is 4.79 Å². The molecule has 1 saturated heterocycles. The zero-order chi connectivity index (χ0) is 16.4. The van der Waals surface area contributed by atoms with Gasteiger partial charge in [-0.2, -0.15) is 0 Å². The van der Waals surface area contributed by atoms with Crippen LogP contribution in [-0.4, -0.2) is 47.8 Å². The second kappa shape index (κ2) is 7.16. The number of benzene rings is 1. The van der Waals surface area contributed by atoms with Gasteiger partial charge in [0.1, 0.15) is 5.82 Å². The molecule has 1 heterocycles. The molecule has 1 saturated carbocycles. The molecule has 4 nitrogen and oxygen atoms in total. The van der Waals surface area contributed by atoms with E-state index < -0.39 is 5.82 Å². The van der Waals surface area contributed by atoms with E-state index in [9.17, 15) is 14.3 Å². The molecule has 3 rings (SSSR count). The average Bonchev–Trinajstić information content (AvgIpc) is 2.96. The molecule has 126 valence electrons. The summed E-state index contributed by atoms with van der Waals surface area (Å²) in [6, 6.07) is 4.00. The molecule has 1 aliphatic heterocycles. The first-order valence-corrected chi connectivity index (χ1v) is 8.43. The summed E-state index contributed by atoms with van der Waals surface area (Å²) in [5.41, 5.74) is 0.621. The number of rotatable bonds is 3.